The lowest BCUT2D eigenvalue weighted by atomic mass is 9.68. The molecule has 132 valence electrons. The first-order valence-corrected chi connectivity index (χ1v) is 8.44. The van der Waals surface area contributed by atoms with Crippen LogP contribution in [0.1, 0.15) is 31.7 Å². The Hall–Kier alpha value is -2.21. The fraction of sp³-hybridized carbons (Fsp3) is 0.350. The Morgan fingerprint density at radius 3 is 2.24 bits per heavy atom. The van der Waals surface area contributed by atoms with Crippen LogP contribution >= 0.6 is 0 Å². The summed E-state index contributed by atoms with van der Waals surface area (Å²) in [4.78, 5) is 12.1. The van der Waals surface area contributed by atoms with Crippen LogP contribution in [-0.2, 0) is 16.1 Å². The highest BCUT2D eigenvalue weighted by molar-refractivity contribution is 5.85. The van der Waals surface area contributed by atoms with Crippen LogP contribution in [0.2, 0.25) is 0 Å². The van der Waals surface area contributed by atoms with Gasteiger partial charge in [-0.05, 0) is 42.9 Å². The minimum atomic E-state index is -1.49. The van der Waals surface area contributed by atoms with Gasteiger partial charge in [0.1, 0.15) is 5.60 Å². The van der Waals surface area contributed by atoms with E-state index in [1.54, 1.807) is 5.48 Å². The van der Waals surface area contributed by atoms with Crippen LogP contribution in [0.4, 0.5) is 0 Å². The second kappa shape index (κ2) is 6.96. The highest BCUT2D eigenvalue weighted by Gasteiger charge is 2.56. The number of benzene rings is 2. The summed E-state index contributed by atoms with van der Waals surface area (Å²) in [5.74, 6) is -0.726. The topological polar surface area (TPSA) is 78.8 Å². The van der Waals surface area contributed by atoms with Crippen molar-refractivity contribution in [3.8, 4) is 11.1 Å². The van der Waals surface area contributed by atoms with E-state index in [9.17, 15) is 9.90 Å². The summed E-state index contributed by atoms with van der Waals surface area (Å²) in [6.07, 6.45) is 1.79. The highest BCUT2D eigenvalue weighted by Crippen LogP contribution is 2.43. The van der Waals surface area contributed by atoms with Crippen molar-refractivity contribution in [2.75, 3.05) is 0 Å². The molecular formula is C20H23NO4. The molecule has 0 saturated heterocycles. The predicted molar refractivity (Wildman–Crippen MR) is 93.8 cm³/mol. The molecule has 3 N–H and O–H groups in total. The molecular weight excluding hydrogens is 318 g/mol. The van der Waals surface area contributed by atoms with Gasteiger partial charge in [-0.3, -0.25) is 10.0 Å². The first-order chi connectivity index (χ1) is 12.0. The van der Waals surface area contributed by atoms with Crippen LogP contribution < -0.4 is 5.48 Å². The molecule has 0 radical (unpaired) electrons. The lowest BCUT2D eigenvalue weighted by molar-refractivity contribution is -0.218. The van der Waals surface area contributed by atoms with Gasteiger partial charge in [0.25, 0.3) is 5.91 Å². The standard InChI is InChI=1S/C20H23NO4/c1-19(18(22)21-24,20(23)12-5-13-20)25-14-15-8-10-17(11-9-15)16-6-3-2-4-7-16/h2-4,6-11,23-24H,5,12-14H2,1H3,(H,21,22). The molecule has 1 unspecified atom stereocenters. The summed E-state index contributed by atoms with van der Waals surface area (Å²) in [7, 11) is 0. The zero-order valence-electron chi connectivity index (χ0n) is 14.2. The lowest BCUT2D eigenvalue weighted by Crippen LogP contribution is -2.65. The van der Waals surface area contributed by atoms with Gasteiger partial charge < -0.3 is 9.84 Å². The van der Waals surface area contributed by atoms with E-state index in [-0.39, 0.29) is 6.61 Å². The molecule has 0 aromatic heterocycles. The van der Waals surface area contributed by atoms with Crippen molar-refractivity contribution in [1.82, 2.24) is 5.48 Å². The third-order valence-corrected chi connectivity index (χ3v) is 5.19. The molecule has 25 heavy (non-hydrogen) atoms. The number of ether oxygens (including phenoxy) is 1. The van der Waals surface area contributed by atoms with Gasteiger partial charge in [0.2, 0.25) is 0 Å². The first-order valence-electron chi connectivity index (χ1n) is 8.44. The molecule has 5 nitrogen and oxygen atoms in total. The molecule has 0 bridgehead atoms. The normalized spacial score (nSPS) is 18.0. The quantitative estimate of drug-likeness (QED) is 0.557. The van der Waals surface area contributed by atoms with Crippen molar-refractivity contribution < 1.29 is 19.8 Å². The molecule has 0 heterocycles. The minimum absolute atomic E-state index is 0.168. The average Bonchev–Trinajstić information content (AvgIpc) is 2.64. The molecule has 0 aliphatic heterocycles. The van der Waals surface area contributed by atoms with Crippen molar-refractivity contribution in [2.24, 2.45) is 0 Å². The molecule has 0 spiro atoms. The molecule has 1 fully saturated rings. The van der Waals surface area contributed by atoms with Crippen LogP contribution in [-0.4, -0.2) is 27.4 Å². The number of hydroxylamine groups is 1. The van der Waals surface area contributed by atoms with Crippen LogP contribution in [0.25, 0.3) is 11.1 Å². The molecule has 1 saturated carbocycles. The number of carbonyl (C=O) groups excluding carboxylic acids is 1. The number of hydrogen-bond acceptors (Lipinski definition) is 4. The molecule has 5 heteroatoms. The van der Waals surface area contributed by atoms with Gasteiger partial charge >= 0.3 is 0 Å². The van der Waals surface area contributed by atoms with Gasteiger partial charge in [0.05, 0.1) is 6.61 Å². The van der Waals surface area contributed by atoms with Crippen molar-refractivity contribution in [3.05, 3.63) is 60.2 Å². The second-order valence-electron chi connectivity index (χ2n) is 6.71. The molecule has 1 amide bonds. The smallest absolute Gasteiger partial charge is 0.278 e. The van der Waals surface area contributed by atoms with Crippen molar-refractivity contribution in [1.29, 1.82) is 0 Å². The van der Waals surface area contributed by atoms with E-state index in [1.165, 1.54) is 6.92 Å². The van der Waals surface area contributed by atoms with Gasteiger partial charge in [0, 0.05) is 0 Å². The summed E-state index contributed by atoms with van der Waals surface area (Å²) in [6.45, 7) is 1.69. The number of hydrogen-bond donors (Lipinski definition) is 3. The molecule has 2 aromatic carbocycles. The Kier molecular flexibility index (Phi) is 4.90. The number of amides is 1. The number of nitrogens with one attached hydrogen (secondary N) is 1. The summed E-state index contributed by atoms with van der Waals surface area (Å²) in [5, 5.41) is 19.6. The maximum atomic E-state index is 12.1. The van der Waals surface area contributed by atoms with E-state index in [0.29, 0.717) is 12.8 Å². The van der Waals surface area contributed by atoms with Crippen molar-refractivity contribution >= 4 is 5.91 Å². The third kappa shape index (κ3) is 3.31. The zero-order chi connectivity index (χ0) is 17.9. The monoisotopic (exact) mass is 341 g/mol. The maximum Gasteiger partial charge on any atom is 0.278 e. The third-order valence-electron chi connectivity index (χ3n) is 5.19. The Bertz CT molecular complexity index is 725. The van der Waals surface area contributed by atoms with Crippen LogP contribution in [0.15, 0.2) is 54.6 Å². The summed E-state index contributed by atoms with van der Waals surface area (Å²) < 4.78 is 5.80. The first kappa shape index (κ1) is 17.6. The van der Waals surface area contributed by atoms with Gasteiger partial charge in [-0.1, -0.05) is 54.6 Å². The predicted octanol–water partition coefficient (Wildman–Crippen LogP) is 3.05. The molecule has 3 rings (SSSR count). The van der Waals surface area contributed by atoms with Crippen molar-refractivity contribution in [3.63, 3.8) is 0 Å². The average molecular weight is 341 g/mol. The van der Waals surface area contributed by atoms with Gasteiger partial charge in [0.15, 0.2) is 5.60 Å². The number of carbonyl (C=O) groups is 1. The summed E-state index contributed by atoms with van der Waals surface area (Å²) in [5.41, 5.74) is 2.00. The zero-order valence-corrected chi connectivity index (χ0v) is 14.2. The largest absolute Gasteiger partial charge is 0.386 e. The van der Waals surface area contributed by atoms with Crippen LogP contribution in [0, 0.1) is 0 Å². The fourth-order valence-electron chi connectivity index (χ4n) is 3.16. The van der Waals surface area contributed by atoms with E-state index in [0.717, 1.165) is 23.1 Å². The Morgan fingerprint density at radius 1 is 1.12 bits per heavy atom. The summed E-state index contributed by atoms with van der Waals surface area (Å²) >= 11 is 0. The van der Waals surface area contributed by atoms with E-state index >= 15 is 0 Å². The van der Waals surface area contributed by atoms with E-state index in [1.807, 2.05) is 54.6 Å². The number of rotatable bonds is 6. The molecule has 1 aliphatic rings. The number of aliphatic hydroxyl groups is 1. The van der Waals surface area contributed by atoms with Crippen molar-refractivity contribution in [2.45, 2.75) is 44.0 Å². The van der Waals surface area contributed by atoms with Crippen LogP contribution in [0.5, 0.6) is 0 Å². The van der Waals surface area contributed by atoms with Gasteiger partial charge in [-0.15, -0.1) is 0 Å². The Labute approximate surface area is 147 Å². The van der Waals surface area contributed by atoms with Gasteiger partial charge in [-0.2, -0.15) is 0 Å². The SMILES string of the molecule is CC(OCc1ccc(-c2ccccc2)cc1)(C(=O)NO)C1(O)CCC1. The van der Waals surface area contributed by atoms with E-state index < -0.39 is 17.1 Å². The Morgan fingerprint density at radius 2 is 1.72 bits per heavy atom. The van der Waals surface area contributed by atoms with Crippen LogP contribution in [0.3, 0.4) is 0 Å². The highest BCUT2D eigenvalue weighted by atomic mass is 16.5. The van der Waals surface area contributed by atoms with E-state index in [2.05, 4.69) is 0 Å². The van der Waals surface area contributed by atoms with Gasteiger partial charge in [-0.25, -0.2) is 5.48 Å². The summed E-state index contributed by atoms with van der Waals surface area (Å²) in [6, 6.07) is 17.9. The second-order valence-corrected chi connectivity index (χ2v) is 6.71. The molecule has 1 atom stereocenters. The van der Waals surface area contributed by atoms with E-state index in [4.69, 9.17) is 9.94 Å². The Balaban J connectivity index is 1.72. The fourth-order valence-corrected chi connectivity index (χ4v) is 3.16. The molecule has 1 aliphatic carbocycles. The molecule has 2 aromatic rings. The minimum Gasteiger partial charge on any atom is -0.386 e. The maximum absolute atomic E-state index is 12.1. The lowest BCUT2D eigenvalue weighted by Gasteiger charge is -2.48.